The zero-order valence-electron chi connectivity index (χ0n) is 11.3. The van der Waals surface area contributed by atoms with Crippen LogP contribution in [0.15, 0.2) is 58.8 Å². The predicted molar refractivity (Wildman–Crippen MR) is 79.0 cm³/mol. The van der Waals surface area contributed by atoms with Gasteiger partial charge in [0.15, 0.2) is 0 Å². The van der Waals surface area contributed by atoms with Crippen LogP contribution in [-0.4, -0.2) is 25.6 Å². The van der Waals surface area contributed by atoms with Crippen molar-refractivity contribution in [1.82, 2.24) is 0 Å². The Balaban J connectivity index is 2.35. The first-order chi connectivity index (χ1) is 9.86. The molecule has 0 aromatic heterocycles. The molecule has 0 aliphatic heterocycles. The van der Waals surface area contributed by atoms with E-state index >= 15 is 0 Å². The Morgan fingerprint density at radius 3 is 1.30 bits per heavy atom. The van der Waals surface area contributed by atoms with Crippen LogP contribution < -0.4 is 0 Å². The molecule has 20 heavy (non-hydrogen) atoms. The van der Waals surface area contributed by atoms with E-state index in [1.54, 1.807) is 0 Å². The van der Waals surface area contributed by atoms with E-state index in [0.29, 0.717) is 11.4 Å². The highest BCUT2D eigenvalue weighted by atomic mass is 16.6. The largest absolute Gasteiger partial charge is 0.399 e. The predicted octanol–water partition coefficient (Wildman–Crippen LogP) is 3.07. The van der Waals surface area contributed by atoms with E-state index in [4.69, 9.17) is 9.68 Å². The summed E-state index contributed by atoms with van der Waals surface area (Å²) in [7, 11) is 3.06. The third-order valence-corrected chi connectivity index (χ3v) is 3.24. The Kier molecular flexibility index (Phi) is 3.21. The van der Waals surface area contributed by atoms with Crippen molar-refractivity contribution in [3.05, 3.63) is 59.7 Å². The van der Waals surface area contributed by atoms with E-state index < -0.39 is 0 Å². The summed E-state index contributed by atoms with van der Waals surface area (Å²) in [4.78, 5) is 9.96. The monoisotopic (exact) mass is 266 g/mol. The molecule has 1 aliphatic rings. The maximum Gasteiger partial charge on any atom is 0.140 e. The van der Waals surface area contributed by atoms with Crippen LogP contribution >= 0.6 is 0 Å². The third-order valence-electron chi connectivity index (χ3n) is 3.24. The Labute approximate surface area is 117 Å². The summed E-state index contributed by atoms with van der Waals surface area (Å²) in [5.74, 6) is 0. The maximum atomic E-state index is 4.98. The van der Waals surface area contributed by atoms with Crippen LogP contribution in [0.2, 0.25) is 0 Å². The molecule has 1 aliphatic carbocycles. The summed E-state index contributed by atoms with van der Waals surface area (Å²) in [6.07, 6.45) is 0. The molecule has 0 spiro atoms. The molecule has 100 valence electrons. The lowest BCUT2D eigenvalue weighted by Gasteiger charge is -2.21. The molecule has 0 heterocycles. The topological polar surface area (TPSA) is 43.2 Å². The van der Waals surface area contributed by atoms with E-state index in [-0.39, 0.29) is 0 Å². The molecule has 0 atom stereocenters. The lowest BCUT2D eigenvalue weighted by molar-refractivity contribution is 0.210. The first kappa shape index (κ1) is 12.4. The lowest BCUT2D eigenvalue weighted by atomic mass is 9.83. The Morgan fingerprint density at radius 1 is 0.600 bits per heavy atom. The molecule has 0 fully saturated rings. The molecule has 0 radical (unpaired) electrons. The van der Waals surface area contributed by atoms with Crippen LogP contribution in [0, 0.1) is 0 Å². The standard InChI is InChI=1S/C16H14N2O2/c1-19-17-15-13-9-5-3-7-11(13)12-8-4-6-10-14(12)16(15)18-20-2/h3-10H,1-2H3/b17-15+,18-16?. The van der Waals surface area contributed by atoms with Crippen LogP contribution in [0.4, 0.5) is 0 Å². The number of rotatable bonds is 2. The van der Waals surface area contributed by atoms with Gasteiger partial charge >= 0.3 is 0 Å². The lowest BCUT2D eigenvalue weighted by Crippen LogP contribution is -2.23. The molecular weight excluding hydrogens is 252 g/mol. The second-order valence-electron chi connectivity index (χ2n) is 4.34. The SMILES string of the molecule is CON=C1/C(=N/OC)c2ccccc2-c2ccccc21. The molecule has 2 aromatic carbocycles. The van der Waals surface area contributed by atoms with Gasteiger partial charge in [-0.2, -0.15) is 0 Å². The van der Waals surface area contributed by atoms with Gasteiger partial charge in [-0.15, -0.1) is 0 Å². The van der Waals surface area contributed by atoms with Crippen molar-refractivity contribution in [2.24, 2.45) is 10.3 Å². The molecule has 0 amide bonds. The van der Waals surface area contributed by atoms with Crippen molar-refractivity contribution < 1.29 is 9.68 Å². The number of oxime groups is 2. The van der Waals surface area contributed by atoms with E-state index in [0.717, 1.165) is 22.3 Å². The highest BCUT2D eigenvalue weighted by molar-refractivity contribution is 6.56. The smallest absolute Gasteiger partial charge is 0.140 e. The minimum Gasteiger partial charge on any atom is -0.399 e. The van der Waals surface area contributed by atoms with Gasteiger partial charge in [0.25, 0.3) is 0 Å². The summed E-state index contributed by atoms with van der Waals surface area (Å²) in [6, 6.07) is 16.1. The molecule has 4 nitrogen and oxygen atoms in total. The fourth-order valence-corrected chi connectivity index (χ4v) is 2.47. The van der Waals surface area contributed by atoms with Gasteiger partial charge < -0.3 is 9.68 Å². The van der Waals surface area contributed by atoms with Gasteiger partial charge in [0, 0.05) is 11.1 Å². The highest BCUT2D eigenvalue weighted by Gasteiger charge is 2.27. The van der Waals surface area contributed by atoms with E-state index in [1.165, 1.54) is 14.2 Å². The van der Waals surface area contributed by atoms with Gasteiger partial charge in [0.1, 0.15) is 25.6 Å². The minimum atomic E-state index is 0.684. The highest BCUT2D eigenvalue weighted by Crippen LogP contribution is 2.33. The molecular formula is C16H14N2O2. The maximum absolute atomic E-state index is 4.98. The van der Waals surface area contributed by atoms with Crippen molar-refractivity contribution >= 4 is 11.4 Å². The number of fused-ring (bicyclic) bond motifs is 3. The third kappa shape index (κ3) is 1.86. The Hall–Kier alpha value is -2.62. The van der Waals surface area contributed by atoms with Crippen molar-refractivity contribution in [2.75, 3.05) is 14.2 Å². The van der Waals surface area contributed by atoms with Gasteiger partial charge in [-0.3, -0.25) is 0 Å². The van der Waals surface area contributed by atoms with Gasteiger partial charge in [-0.25, -0.2) is 0 Å². The first-order valence-electron chi connectivity index (χ1n) is 6.28. The fourth-order valence-electron chi connectivity index (χ4n) is 2.47. The summed E-state index contributed by atoms with van der Waals surface area (Å²) in [6.45, 7) is 0. The zero-order chi connectivity index (χ0) is 13.9. The van der Waals surface area contributed by atoms with Crippen LogP contribution in [0.3, 0.4) is 0 Å². The molecule has 3 rings (SSSR count). The molecule has 0 bridgehead atoms. The summed E-state index contributed by atoms with van der Waals surface area (Å²) in [5, 5.41) is 8.26. The van der Waals surface area contributed by atoms with Gasteiger partial charge in [0.05, 0.1) is 0 Å². The van der Waals surface area contributed by atoms with Crippen molar-refractivity contribution in [3.8, 4) is 11.1 Å². The quantitative estimate of drug-likeness (QED) is 0.784. The van der Waals surface area contributed by atoms with Gasteiger partial charge in [0.2, 0.25) is 0 Å². The average Bonchev–Trinajstić information content (AvgIpc) is 2.51. The second kappa shape index (κ2) is 5.17. The number of nitrogens with zero attached hydrogens (tertiary/aromatic N) is 2. The molecule has 0 unspecified atom stereocenters. The average molecular weight is 266 g/mol. The summed E-state index contributed by atoms with van der Waals surface area (Å²) in [5.41, 5.74) is 5.59. The number of hydrogen-bond acceptors (Lipinski definition) is 4. The Bertz CT molecular complexity index is 644. The van der Waals surface area contributed by atoms with Gasteiger partial charge in [-0.1, -0.05) is 58.8 Å². The summed E-state index contributed by atoms with van der Waals surface area (Å²) >= 11 is 0. The van der Waals surface area contributed by atoms with Crippen LogP contribution in [0.5, 0.6) is 0 Å². The fraction of sp³-hybridized carbons (Fsp3) is 0.125. The Morgan fingerprint density at radius 2 is 0.950 bits per heavy atom. The van der Waals surface area contributed by atoms with Crippen molar-refractivity contribution in [3.63, 3.8) is 0 Å². The van der Waals surface area contributed by atoms with E-state index in [2.05, 4.69) is 22.4 Å². The van der Waals surface area contributed by atoms with E-state index in [9.17, 15) is 0 Å². The van der Waals surface area contributed by atoms with Gasteiger partial charge in [-0.05, 0) is 11.1 Å². The van der Waals surface area contributed by atoms with Crippen molar-refractivity contribution in [2.45, 2.75) is 0 Å². The van der Waals surface area contributed by atoms with Crippen LogP contribution in [0.1, 0.15) is 11.1 Å². The zero-order valence-corrected chi connectivity index (χ0v) is 11.3. The molecule has 2 aromatic rings. The molecule has 0 N–H and O–H groups in total. The normalized spacial score (nSPS) is 16.7. The summed E-state index contributed by atoms with van der Waals surface area (Å²) < 4.78 is 0. The number of benzene rings is 2. The molecule has 4 heteroatoms. The molecule has 0 saturated carbocycles. The van der Waals surface area contributed by atoms with Crippen LogP contribution in [0.25, 0.3) is 11.1 Å². The van der Waals surface area contributed by atoms with E-state index in [1.807, 2.05) is 36.4 Å². The first-order valence-corrected chi connectivity index (χ1v) is 6.28. The molecule has 0 saturated heterocycles. The second-order valence-corrected chi connectivity index (χ2v) is 4.34. The minimum absolute atomic E-state index is 0.684. The van der Waals surface area contributed by atoms with Crippen LogP contribution in [-0.2, 0) is 9.68 Å². The van der Waals surface area contributed by atoms with Crippen molar-refractivity contribution in [1.29, 1.82) is 0 Å². The number of hydrogen-bond donors (Lipinski definition) is 0.